The van der Waals surface area contributed by atoms with Crippen LogP contribution in [0.4, 0.5) is 4.79 Å². The Hall–Kier alpha value is -1.11. The van der Waals surface area contributed by atoms with Gasteiger partial charge in [-0.25, -0.2) is 4.79 Å². The summed E-state index contributed by atoms with van der Waals surface area (Å²) in [5.41, 5.74) is -0.163. The van der Waals surface area contributed by atoms with E-state index in [1.807, 2.05) is 16.8 Å². The maximum atomic E-state index is 12.0. The SMILES string of the molecule is CC(C)(C)[C@H]1OCC[C@H]1CNC(=O)NC[C@](C)(O)c1ccsc1. The molecule has 130 valence electrons. The Morgan fingerprint density at radius 1 is 1.39 bits per heavy atom. The van der Waals surface area contributed by atoms with Crippen LogP contribution in [0.5, 0.6) is 0 Å². The van der Waals surface area contributed by atoms with E-state index < -0.39 is 5.60 Å². The summed E-state index contributed by atoms with van der Waals surface area (Å²) in [4.78, 5) is 12.0. The van der Waals surface area contributed by atoms with E-state index in [0.717, 1.165) is 18.6 Å². The molecular formula is C17H28N2O3S. The molecule has 2 heterocycles. The van der Waals surface area contributed by atoms with E-state index in [2.05, 4.69) is 31.4 Å². The van der Waals surface area contributed by atoms with Crippen molar-refractivity contribution in [2.45, 2.75) is 45.8 Å². The van der Waals surface area contributed by atoms with Crippen LogP contribution in [-0.2, 0) is 10.3 Å². The zero-order chi connectivity index (χ0) is 17.1. The fourth-order valence-electron chi connectivity index (χ4n) is 3.01. The number of hydrogen-bond donors (Lipinski definition) is 3. The lowest BCUT2D eigenvalue weighted by Crippen LogP contribution is -2.46. The Morgan fingerprint density at radius 3 is 2.74 bits per heavy atom. The summed E-state index contributed by atoms with van der Waals surface area (Å²) in [7, 11) is 0. The highest BCUT2D eigenvalue weighted by Crippen LogP contribution is 2.34. The quantitative estimate of drug-likeness (QED) is 0.772. The predicted molar refractivity (Wildman–Crippen MR) is 92.6 cm³/mol. The maximum Gasteiger partial charge on any atom is 0.314 e. The normalized spacial score (nSPS) is 24.2. The molecule has 1 aromatic rings. The van der Waals surface area contributed by atoms with Crippen molar-refractivity contribution in [3.8, 4) is 0 Å². The summed E-state index contributed by atoms with van der Waals surface area (Å²) in [6, 6.07) is 1.62. The second-order valence-corrected chi connectivity index (χ2v) is 8.34. The van der Waals surface area contributed by atoms with Gasteiger partial charge < -0.3 is 20.5 Å². The van der Waals surface area contributed by atoms with Crippen LogP contribution in [0.2, 0.25) is 0 Å². The molecule has 0 radical (unpaired) electrons. The lowest BCUT2D eigenvalue weighted by Gasteiger charge is -2.31. The van der Waals surface area contributed by atoms with E-state index >= 15 is 0 Å². The molecule has 3 N–H and O–H groups in total. The van der Waals surface area contributed by atoms with Crippen molar-refractivity contribution in [1.82, 2.24) is 10.6 Å². The smallest absolute Gasteiger partial charge is 0.314 e. The van der Waals surface area contributed by atoms with Crippen molar-refractivity contribution in [2.24, 2.45) is 11.3 Å². The molecule has 0 unspecified atom stereocenters. The first-order chi connectivity index (χ1) is 10.7. The molecular weight excluding hydrogens is 312 g/mol. The molecule has 0 bridgehead atoms. The highest BCUT2D eigenvalue weighted by molar-refractivity contribution is 7.08. The first kappa shape index (κ1) is 18.2. The Morgan fingerprint density at radius 2 is 2.13 bits per heavy atom. The fourth-order valence-corrected chi connectivity index (χ4v) is 3.79. The van der Waals surface area contributed by atoms with E-state index in [1.165, 1.54) is 11.3 Å². The molecule has 0 aliphatic carbocycles. The van der Waals surface area contributed by atoms with Gasteiger partial charge in [0.2, 0.25) is 0 Å². The zero-order valence-electron chi connectivity index (χ0n) is 14.4. The zero-order valence-corrected chi connectivity index (χ0v) is 15.2. The van der Waals surface area contributed by atoms with Crippen LogP contribution in [0.25, 0.3) is 0 Å². The number of thiophene rings is 1. The average molecular weight is 340 g/mol. The van der Waals surface area contributed by atoms with E-state index in [-0.39, 0.29) is 24.1 Å². The third-order valence-electron chi connectivity index (χ3n) is 4.33. The van der Waals surface area contributed by atoms with Crippen LogP contribution in [0.15, 0.2) is 16.8 Å². The van der Waals surface area contributed by atoms with Crippen molar-refractivity contribution in [2.75, 3.05) is 19.7 Å². The van der Waals surface area contributed by atoms with Crippen molar-refractivity contribution < 1.29 is 14.6 Å². The second kappa shape index (κ2) is 7.20. The largest absolute Gasteiger partial charge is 0.384 e. The van der Waals surface area contributed by atoms with Crippen LogP contribution < -0.4 is 10.6 Å². The van der Waals surface area contributed by atoms with E-state index in [0.29, 0.717) is 12.5 Å². The highest BCUT2D eigenvalue weighted by Gasteiger charge is 2.37. The van der Waals surface area contributed by atoms with Crippen molar-refractivity contribution in [3.63, 3.8) is 0 Å². The fraction of sp³-hybridized carbons (Fsp3) is 0.706. The number of amides is 2. The number of urea groups is 1. The molecule has 6 heteroatoms. The monoisotopic (exact) mass is 340 g/mol. The Kier molecular flexibility index (Phi) is 5.70. The number of rotatable bonds is 5. The first-order valence-electron chi connectivity index (χ1n) is 8.08. The van der Waals surface area contributed by atoms with Gasteiger partial charge in [0.25, 0.3) is 0 Å². The first-order valence-corrected chi connectivity index (χ1v) is 9.03. The standard InChI is InChI=1S/C17H28N2O3S/c1-16(2,3)14-12(5-7-22-14)9-18-15(20)19-11-17(4,21)13-6-8-23-10-13/h6,8,10,12,14,21H,5,7,9,11H2,1-4H3,(H2,18,19,20)/t12-,14-,17-/m0/s1. The number of nitrogens with one attached hydrogen (secondary N) is 2. The van der Waals surface area contributed by atoms with E-state index in [4.69, 9.17) is 4.74 Å². The van der Waals surface area contributed by atoms with Gasteiger partial charge in [0.15, 0.2) is 0 Å². The van der Waals surface area contributed by atoms with Crippen LogP contribution in [-0.4, -0.2) is 36.9 Å². The van der Waals surface area contributed by atoms with Gasteiger partial charge in [-0.15, -0.1) is 0 Å². The second-order valence-electron chi connectivity index (χ2n) is 7.56. The summed E-state index contributed by atoms with van der Waals surface area (Å²) in [6.07, 6.45) is 1.13. The number of ether oxygens (including phenoxy) is 1. The van der Waals surface area contributed by atoms with Crippen molar-refractivity contribution in [3.05, 3.63) is 22.4 Å². The maximum absolute atomic E-state index is 12.0. The molecule has 3 atom stereocenters. The average Bonchev–Trinajstić information content (AvgIpc) is 3.12. The minimum atomic E-state index is -1.05. The van der Waals surface area contributed by atoms with Gasteiger partial charge in [0.05, 0.1) is 12.6 Å². The number of carbonyl (C=O) groups excluding carboxylic acids is 1. The molecule has 1 fully saturated rings. The third-order valence-corrected chi connectivity index (χ3v) is 5.01. The third kappa shape index (κ3) is 4.93. The van der Waals surface area contributed by atoms with Gasteiger partial charge in [0, 0.05) is 19.1 Å². The molecule has 2 rings (SSSR count). The molecule has 0 spiro atoms. The summed E-state index contributed by atoms with van der Waals surface area (Å²) < 4.78 is 5.81. The molecule has 1 aliphatic heterocycles. The molecule has 1 aromatic heterocycles. The summed E-state index contributed by atoms with van der Waals surface area (Å²) >= 11 is 1.53. The summed E-state index contributed by atoms with van der Waals surface area (Å²) in [5, 5.41) is 19.9. The number of hydrogen-bond acceptors (Lipinski definition) is 4. The number of carbonyl (C=O) groups is 1. The molecule has 5 nitrogen and oxygen atoms in total. The van der Waals surface area contributed by atoms with Crippen molar-refractivity contribution >= 4 is 17.4 Å². The van der Waals surface area contributed by atoms with Gasteiger partial charge in [0.1, 0.15) is 5.60 Å². The summed E-state index contributed by atoms with van der Waals surface area (Å²) in [6.45, 7) is 9.71. The van der Waals surface area contributed by atoms with Gasteiger partial charge in [-0.3, -0.25) is 0 Å². The van der Waals surface area contributed by atoms with Crippen LogP contribution in [0.1, 0.15) is 39.7 Å². The predicted octanol–water partition coefficient (Wildman–Crippen LogP) is 2.71. The molecule has 0 saturated carbocycles. The summed E-state index contributed by atoms with van der Waals surface area (Å²) in [5.74, 6) is 0.332. The van der Waals surface area contributed by atoms with E-state index in [1.54, 1.807) is 6.92 Å². The Balaban J connectivity index is 1.77. The van der Waals surface area contributed by atoms with Crippen LogP contribution >= 0.6 is 11.3 Å². The van der Waals surface area contributed by atoms with Gasteiger partial charge in [-0.05, 0) is 41.1 Å². The van der Waals surface area contributed by atoms with Crippen LogP contribution in [0, 0.1) is 11.3 Å². The Labute approximate surface area is 142 Å². The van der Waals surface area contributed by atoms with Gasteiger partial charge in [-0.1, -0.05) is 20.8 Å². The van der Waals surface area contributed by atoms with E-state index in [9.17, 15) is 9.90 Å². The number of aliphatic hydroxyl groups is 1. The van der Waals surface area contributed by atoms with Crippen molar-refractivity contribution in [1.29, 1.82) is 0 Å². The molecule has 1 aliphatic rings. The lowest BCUT2D eigenvalue weighted by molar-refractivity contribution is 0.00767. The van der Waals surface area contributed by atoms with Crippen LogP contribution in [0.3, 0.4) is 0 Å². The molecule has 2 amide bonds. The lowest BCUT2D eigenvalue weighted by atomic mass is 9.81. The molecule has 1 saturated heterocycles. The topological polar surface area (TPSA) is 70.6 Å². The minimum absolute atomic E-state index is 0.0714. The Bertz CT molecular complexity index is 508. The van der Waals surface area contributed by atoms with Gasteiger partial charge in [-0.2, -0.15) is 11.3 Å². The molecule has 0 aromatic carbocycles. The van der Waals surface area contributed by atoms with Gasteiger partial charge >= 0.3 is 6.03 Å². The molecule has 23 heavy (non-hydrogen) atoms. The highest BCUT2D eigenvalue weighted by atomic mass is 32.1. The minimum Gasteiger partial charge on any atom is -0.384 e.